The molecule has 1 unspecified atom stereocenters. The van der Waals surface area contributed by atoms with Crippen molar-refractivity contribution in [3.8, 4) is 11.5 Å². The standard InChI is InChI=1S/C28H34N2O4S/c1-18-8-10-22(28(2,3)4)25(13-18)34-17-20-14-19(9-11-24(20)32-5)15-23-26(31)30(27(35)29-23)16-21-7-6-12-33-21/h8-11,13-15,21H,6-7,12,16-17H2,1-5H3,(H,29,35)/b23-15+. The van der Waals surface area contributed by atoms with Gasteiger partial charge in [0.05, 0.1) is 19.8 Å². The summed E-state index contributed by atoms with van der Waals surface area (Å²) >= 11 is 5.42. The maximum Gasteiger partial charge on any atom is 0.276 e. The molecule has 1 amide bonds. The minimum Gasteiger partial charge on any atom is -0.496 e. The largest absolute Gasteiger partial charge is 0.496 e. The molecule has 1 atom stereocenters. The molecule has 4 rings (SSSR count). The average molecular weight is 495 g/mol. The van der Waals surface area contributed by atoms with E-state index in [1.54, 1.807) is 12.0 Å². The summed E-state index contributed by atoms with van der Waals surface area (Å²) in [4.78, 5) is 14.6. The van der Waals surface area contributed by atoms with Crippen LogP contribution in [0.15, 0.2) is 42.1 Å². The van der Waals surface area contributed by atoms with Crippen LogP contribution in [0.2, 0.25) is 0 Å². The second-order valence-electron chi connectivity index (χ2n) is 10.1. The number of nitrogens with one attached hydrogen (secondary N) is 1. The van der Waals surface area contributed by atoms with Crippen LogP contribution in [0, 0.1) is 6.92 Å². The number of rotatable bonds is 7. The first kappa shape index (κ1) is 25.2. The molecule has 6 nitrogen and oxygen atoms in total. The van der Waals surface area contributed by atoms with Crippen molar-refractivity contribution in [1.29, 1.82) is 0 Å². The van der Waals surface area contributed by atoms with Gasteiger partial charge in [0.2, 0.25) is 0 Å². The highest BCUT2D eigenvalue weighted by Gasteiger charge is 2.33. The van der Waals surface area contributed by atoms with Crippen LogP contribution in [0.3, 0.4) is 0 Å². The van der Waals surface area contributed by atoms with Gasteiger partial charge in [0.25, 0.3) is 5.91 Å². The first-order valence-electron chi connectivity index (χ1n) is 12.0. The zero-order valence-electron chi connectivity index (χ0n) is 21.1. The summed E-state index contributed by atoms with van der Waals surface area (Å²) in [5.41, 5.74) is 4.48. The number of thiocarbonyl (C=S) groups is 1. The molecule has 2 aromatic carbocycles. The van der Waals surface area contributed by atoms with Crippen molar-refractivity contribution >= 4 is 29.3 Å². The summed E-state index contributed by atoms with van der Waals surface area (Å²) in [6.07, 6.45) is 3.83. The molecule has 7 heteroatoms. The molecule has 1 N–H and O–H groups in total. The fraction of sp³-hybridized carbons (Fsp3) is 0.429. The first-order valence-corrected chi connectivity index (χ1v) is 12.4. The van der Waals surface area contributed by atoms with Gasteiger partial charge in [0.15, 0.2) is 5.11 Å². The molecule has 0 aliphatic carbocycles. The van der Waals surface area contributed by atoms with E-state index in [1.807, 2.05) is 24.3 Å². The van der Waals surface area contributed by atoms with Gasteiger partial charge in [0, 0.05) is 12.2 Å². The van der Waals surface area contributed by atoms with E-state index in [0.29, 0.717) is 24.0 Å². The van der Waals surface area contributed by atoms with Crippen molar-refractivity contribution < 1.29 is 19.0 Å². The van der Waals surface area contributed by atoms with Gasteiger partial charge in [-0.1, -0.05) is 39.0 Å². The lowest BCUT2D eigenvalue weighted by atomic mass is 9.86. The molecule has 2 aromatic rings. The number of methoxy groups -OCH3 is 1. The molecule has 2 aliphatic heterocycles. The normalized spacial score (nSPS) is 19.4. The number of hydrogen-bond acceptors (Lipinski definition) is 5. The van der Waals surface area contributed by atoms with Crippen LogP contribution in [0.4, 0.5) is 0 Å². The molecule has 2 fully saturated rings. The molecule has 0 saturated carbocycles. The van der Waals surface area contributed by atoms with Crippen molar-refractivity contribution in [2.75, 3.05) is 20.3 Å². The Balaban J connectivity index is 1.54. The van der Waals surface area contributed by atoms with E-state index in [2.05, 4.69) is 51.2 Å². The predicted octanol–water partition coefficient (Wildman–Crippen LogP) is 5.12. The number of carbonyl (C=O) groups is 1. The highest BCUT2D eigenvalue weighted by molar-refractivity contribution is 7.80. The van der Waals surface area contributed by atoms with E-state index < -0.39 is 0 Å². The zero-order chi connectivity index (χ0) is 25.2. The third-order valence-electron chi connectivity index (χ3n) is 6.32. The van der Waals surface area contributed by atoms with Gasteiger partial charge < -0.3 is 19.5 Å². The summed E-state index contributed by atoms with van der Waals surface area (Å²) in [6, 6.07) is 12.1. The van der Waals surface area contributed by atoms with E-state index in [4.69, 9.17) is 26.4 Å². The molecule has 0 bridgehead atoms. The number of nitrogens with zero attached hydrogens (tertiary/aromatic N) is 1. The van der Waals surface area contributed by atoms with Gasteiger partial charge in [0.1, 0.15) is 23.8 Å². The summed E-state index contributed by atoms with van der Waals surface area (Å²) in [5.74, 6) is 1.47. The van der Waals surface area contributed by atoms with Crippen LogP contribution in [0.1, 0.15) is 55.9 Å². The minimum atomic E-state index is -0.131. The third-order valence-corrected chi connectivity index (χ3v) is 6.64. The van der Waals surface area contributed by atoms with Gasteiger partial charge in [-0.25, -0.2) is 0 Å². The number of ether oxygens (including phenoxy) is 3. The summed E-state index contributed by atoms with van der Waals surface area (Å²) < 4.78 is 17.6. The topological polar surface area (TPSA) is 60.0 Å². The van der Waals surface area contributed by atoms with E-state index in [-0.39, 0.29) is 17.4 Å². The quantitative estimate of drug-likeness (QED) is 0.426. The Morgan fingerprint density at radius 1 is 1.20 bits per heavy atom. The van der Waals surface area contributed by atoms with Gasteiger partial charge in [-0.15, -0.1) is 0 Å². The van der Waals surface area contributed by atoms with Gasteiger partial charge in [-0.05, 0) is 78.4 Å². The molecule has 2 aliphatic rings. The van der Waals surface area contributed by atoms with Crippen LogP contribution in [0.5, 0.6) is 11.5 Å². The molecule has 35 heavy (non-hydrogen) atoms. The second kappa shape index (κ2) is 10.4. The predicted molar refractivity (Wildman–Crippen MR) is 142 cm³/mol. The minimum absolute atomic E-state index is 0.0400. The van der Waals surface area contributed by atoms with Crippen molar-refractivity contribution in [2.24, 2.45) is 0 Å². The Labute approximate surface area is 213 Å². The Hall–Kier alpha value is -2.90. The summed E-state index contributed by atoms with van der Waals surface area (Å²) in [5, 5.41) is 3.48. The SMILES string of the molecule is COc1ccc(/C=C2/NC(=S)N(CC3CCCO3)C2=O)cc1COc1cc(C)ccc1C(C)(C)C. The van der Waals surface area contributed by atoms with Gasteiger partial charge in [-0.2, -0.15) is 0 Å². The van der Waals surface area contributed by atoms with Crippen LogP contribution in [0.25, 0.3) is 6.08 Å². The molecule has 2 heterocycles. The smallest absolute Gasteiger partial charge is 0.276 e. The summed E-state index contributed by atoms with van der Waals surface area (Å²) in [7, 11) is 1.65. The Kier molecular flexibility index (Phi) is 7.47. The van der Waals surface area contributed by atoms with Crippen LogP contribution >= 0.6 is 12.2 Å². The Bertz CT molecular complexity index is 1150. The highest BCUT2D eigenvalue weighted by Crippen LogP contribution is 2.33. The van der Waals surface area contributed by atoms with Crippen LogP contribution < -0.4 is 14.8 Å². The lowest BCUT2D eigenvalue weighted by Crippen LogP contribution is -2.37. The van der Waals surface area contributed by atoms with E-state index in [1.165, 1.54) is 0 Å². The second-order valence-corrected chi connectivity index (χ2v) is 10.5. The Morgan fingerprint density at radius 3 is 2.69 bits per heavy atom. The number of amides is 1. The van der Waals surface area contributed by atoms with E-state index >= 15 is 0 Å². The fourth-order valence-corrected chi connectivity index (χ4v) is 4.69. The first-order chi connectivity index (χ1) is 16.7. The van der Waals surface area contributed by atoms with Crippen LogP contribution in [-0.4, -0.2) is 42.3 Å². The van der Waals surface area contributed by atoms with Crippen molar-refractivity contribution in [2.45, 2.75) is 58.7 Å². The lowest BCUT2D eigenvalue weighted by molar-refractivity contribution is -0.123. The Morgan fingerprint density at radius 2 is 2.00 bits per heavy atom. The number of benzene rings is 2. The molecule has 0 aromatic heterocycles. The number of carbonyl (C=O) groups excluding carboxylic acids is 1. The van der Waals surface area contributed by atoms with Crippen LogP contribution in [-0.2, 0) is 21.6 Å². The van der Waals surface area contributed by atoms with Crippen molar-refractivity contribution in [3.05, 3.63) is 64.3 Å². The van der Waals surface area contributed by atoms with E-state index in [9.17, 15) is 4.79 Å². The molecule has 0 radical (unpaired) electrons. The molecule has 0 spiro atoms. The van der Waals surface area contributed by atoms with Crippen molar-refractivity contribution in [3.63, 3.8) is 0 Å². The summed E-state index contributed by atoms with van der Waals surface area (Å²) in [6.45, 7) is 10.2. The fourth-order valence-electron chi connectivity index (χ4n) is 4.42. The van der Waals surface area contributed by atoms with Gasteiger partial charge >= 0.3 is 0 Å². The number of aryl methyl sites for hydroxylation is 1. The number of hydrogen-bond donors (Lipinski definition) is 1. The molecular weight excluding hydrogens is 460 g/mol. The van der Waals surface area contributed by atoms with Gasteiger partial charge in [-0.3, -0.25) is 9.69 Å². The molecule has 186 valence electrons. The molecule has 2 saturated heterocycles. The van der Waals surface area contributed by atoms with Crippen molar-refractivity contribution in [1.82, 2.24) is 10.2 Å². The average Bonchev–Trinajstić information content (AvgIpc) is 3.41. The molecular formula is C28H34N2O4S. The zero-order valence-corrected chi connectivity index (χ0v) is 22.0. The van der Waals surface area contributed by atoms with E-state index in [0.717, 1.165) is 53.2 Å². The monoisotopic (exact) mass is 494 g/mol. The highest BCUT2D eigenvalue weighted by atomic mass is 32.1. The third kappa shape index (κ3) is 5.85. The maximum absolute atomic E-state index is 13.0. The maximum atomic E-state index is 13.0. The lowest BCUT2D eigenvalue weighted by Gasteiger charge is -2.23.